The van der Waals surface area contributed by atoms with Gasteiger partial charge in [-0.2, -0.15) is 5.10 Å². The fourth-order valence-electron chi connectivity index (χ4n) is 3.90. The lowest BCUT2D eigenvalue weighted by Crippen LogP contribution is -2.35. The molecule has 2 aliphatic heterocycles. The van der Waals surface area contributed by atoms with Crippen LogP contribution in [0, 0.1) is 11.8 Å². The lowest BCUT2D eigenvalue weighted by molar-refractivity contribution is -0.140. The number of nitrogens with zero attached hydrogens (tertiary/aromatic N) is 5. The first-order valence-electron chi connectivity index (χ1n) is 8.65. The molecule has 0 bridgehead atoms. The van der Waals surface area contributed by atoms with E-state index in [1.807, 2.05) is 53.6 Å². The number of aromatic nitrogens is 3. The molecule has 2 aliphatic rings. The van der Waals surface area contributed by atoms with Crippen LogP contribution < -0.4 is 4.90 Å². The summed E-state index contributed by atoms with van der Waals surface area (Å²) in [4.78, 5) is 33.6. The summed E-state index contributed by atoms with van der Waals surface area (Å²) >= 11 is 0. The van der Waals surface area contributed by atoms with Gasteiger partial charge in [0.1, 0.15) is 5.82 Å². The highest BCUT2D eigenvalue weighted by molar-refractivity contribution is 6.06. The van der Waals surface area contributed by atoms with E-state index in [1.54, 1.807) is 10.7 Å². The van der Waals surface area contributed by atoms with E-state index >= 15 is 0 Å². The standard InChI is InChI=1S/C19H17N5O2/c25-18-14-11-22(16-7-9-24-17(21-16)6-8-20-24)12-15(14)19(26)23(18)10-13-4-2-1-3-5-13/h1-9,14-15H,10-12H2. The van der Waals surface area contributed by atoms with Gasteiger partial charge < -0.3 is 4.90 Å². The predicted octanol–water partition coefficient (Wildman–Crippen LogP) is 1.35. The van der Waals surface area contributed by atoms with E-state index in [9.17, 15) is 9.59 Å². The summed E-state index contributed by atoms with van der Waals surface area (Å²) in [6.45, 7) is 1.40. The first kappa shape index (κ1) is 15.1. The summed E-state index contributed by atoms with van der Waals surface area (Å²) in [5.74, 6) is 0.0690. The average Bonchev–Trinajstić information content (AvgIpc) is 3.36. The number of likely N-dealkylation sites (tertiary alicyclic amines) is 1. The number of carbonyl (C=O) groups excluding carboxylic acids is 2. The molecule has 0 aliphatic carbocycles. The quantitative estimate of drug-likeness (QED) is 0.669. The molecule has 3 aromatic rings. The minimum Gasteiger partial charge on any atom is -0.355 e. The molecule has 2 aromatic heterocycles. The van der Waals surface area contributed by atoms with Crippen molar-refractivity contribution < 1.29 is 9.59 Å². The molecule has 0 saturated carbocycles. The van der Waals surface area contributed by atoms with Crippen molar-refractivity contribution in [3.8, 4) is 0 Å². The minimum atomic E-state index is -0.283. The number of imide groups is 1. The minimum absolute atomic E-state index is 0.0724. The molecular formula is C19H17N5O2. The van der Waals surface area contributed by atoms with Crippen LogP contribution in [0.3, 0.4) is 0 Å². The number of hydrogen-bond acceptors (Lipinski definition) is 5. The lowest BCUT2D eigenvalue weighted by Gasteiger charge is -2.21. The number of anilines is 1. The lowest BCUT2D eigenvalue weighted by atomic mass is 10.00. The molecule has 26 heavy (non-hydrogen) atoms. The van der Waals surface area contributed by atoms with E-state index in [0.29, 0.717) is 19.6 Å². The van der Waals surface area contributed by atoms with Crippen molar-refractivity contribution in [2.75, 3.05) is 18.0 Å². The Labute approximate surface area is 149 Å². The van der Waals surface area contributed by atoms with Gasteiger partial charge in [-0.25, -0.2) is 9.50 Å². The van der Waals surface area contributed by atoms with Gasteiger partial charge in [-0.15, -0.1) is 0 Å². The Bertz CT molecular complexity index is 975. The third kappa shape index (κ3) is 2.28. The third-order valence-corrected chi connectivity index (χ3v) is 5.24. The molecule has 1 aromatic carbocycles. The Kier molecular flexibility index (Phi) is 3.28. The highest BCUT2D eigenvalue weighted by Crippen LogP contribution is 2.36. The largest absolute Gasteiger partial charge is 0.355 e. The van der Waals surface area contributed by atoms with Crippen molar-refractivity contribution in [2.24, 2.45) is 11.8 Å². The second-order valence-electron chi connectivity index (χ2n) is 6.79. The molecule has 2 fully saturated rings. The molecule has 2 saturated heterocycles. The van der Waals surface area contributed by atoms with Gasteiger partial charge in [0.05, 0.1) is 24.6 Å². The SMILES string of the molecule is O=C1C2CN(c3ccn4nccc4n3)CC2C(=O)N1Cc1ccccc1. The fourth-order valence-corrected chi connectivity index (χ4v) is 3.90. The maximum atomic E-state index is 12.8. The van der Waals surface area contributed by atoms with E-state index in [1.165, 1.54) is 4.90 Å². The van der Waals surface area contributed by atoms with Gasteiger partial charge >= 0.3 is 0 Å². The number of fused-ring (bicyclic) bond motifs is 2. The Morgan fingerprint density at radius 1 is 0.962 bits per heavy atom. The first-order chi connectivity index (χ1) is 12.7. The molecule has 4 heterocycles. The number of amides is 2. The van der Waals surface area contributed by atoms with E-state index < -0.39 is 0 Å². The average molecular weight is 347 g/mol. The topological polar surface area (TPSA) is 70.8 Å². The van der Waals surface area contributed by atoms with Crippen LogP contribution in [-0.2, 0) is 16.1 Å². The van der Waals surface area contributed by atoms with Crippen LogP contribution in [-0.4, -0.2) is 44.4 Å². The van der Waals surface area contributed by atoms with Crippen LogP contribution in [0.5, 0.6) is 0 Å². The third-order valence-electron chi connectivity index (χ3n) is 5.24. The summed E-state index contributed by atoms with van der Waals surface area (Å²) in [5.41, 5.74) is 1.72. The maximum Gasteiger partial charge on any atom is 0.235 e. The Hall–Kier alpha value is -3.22. The molecule has 0 N–H and O–H groups in total. The molecule has 2 unspecified atom stereocenters. The second-order valence-corrected chi connectivity index (χ2v) is 6.79. The van der Waals surface area contributed by atoms with Gasteiger partial charge in [-0.3, -0.25) is 14.5 Å². The smallest absolute Gasteiger partial charge is 0.235 e. The number of hydrogen-bond donors (Lipinski definition) is 0. The molecule has 0 spiro atoms. The summed E-state index contributed by atoms with van der Waals surface area (Å²) in [5, 5.41) is 4.14. The van der Waals surface area contributed by atoms with Crippen molar-refractivity contribution >= 4 is 23.3 Å². The summed E-state index contributed by atoms with van der Waals surface area (Å²) < 4.78 is 1.69. The van der Waals surface area contributed by atoms with Crippen LogP contribution in [0.15, 0.2) is 54.9 Å². The van der Waals surface area contributed by atoms with E-state index in [4.69, 9.17) is 0 Å². The summed E-state index contributed by atoms with van der Waals surface area (Å²) in [6, 6.07) is 13.3. The molecule has 2 atom stereocenters. The van der Waals surface area contributed by atoms with Crippen molar-refractivity contribution in [3.05, 3.63) is 60.4 Å². The normalized spacial score (nSPS) is 22.5. The molecule has 7 nitrogen and oxygen atoms in total. The molecule has 5 rings (SSSR count). The van der Waals surface area contributed by atoms with Gasteiger partial charge in [0.15, 0.2) is 5.65 Å². The highest BCUT2D eigenvalue weighted by Gasteiger charge is 2.52. The molecule has 2 amide bonds. The second kappa shape index (κ2) is 5.66. The van der Waals surface area contributed by atoms with Gasteiger partial charge in [-0.1, -0.05) is 30.3 Å². The summed E-state index contributed by atoms with van der Waals surface area (Å²) in [6.07, 6.45) is 3.54. The van der Waals surface area contributed by atoms with Crippen molar-refractivity contribution in [3.63, 3.8) is 0 Å². The van der Waals surface area contributed by atoms with E-state index in [2.05, 4.69) is 10.1 Å². The highest BCUT2D eigenvalue weighted by atomic mass is 16.2. The van der Waals surface area contributed by atoms with Crippen LogP contribution >= 0.6 is 0 Å². The van der Waals surface area contributed by atoms with Gasteiger partial charge in [0.25, 0.3) is 0 Å². The maximum absolute atomic E-state index is 12.8. The van der Waals surface area contributed by atoms with Crippen LogP contribution in [0.2, 0.25) is 0 Å². The number of carbonyl (C=O) groups is 2. The van der Waals surface area contributed by atoms with Crippen molar-refractivity contribution in [1.82, 2.24) is 19.5 Å². The number of benzene rings is 1. The zero-order chi connectivity index (χ0) is 17.7. The Morgan fingerprint density at radius 2 is 1.69 bits per heavy atom. The van der Waals surface area contributed by atoms with Crippen molar-refractivity contribution in [1.29, 1.82) is 0 Å². The van der Waals surface area contributed by atoms with Crippen LogP contribution in [0.4, 0.5) is 5.82 Å². The van der Waals surface area contributed by atoms with Crippen molar-refractivity contribution in [2.45, 2.75) is 6.54 Å². The molecule has 130 valence electrons. The Morgan fingerprint density at radius 3 is 2.42 bits per heavy atom. The van der Waals surface area contributed by atoms with Crippen LogP contribution in [0.25, 0.3) is 5.65 Å². The van der Waals surface area contributed by atoms with E-state index in [0.717, 1.165) is 17.0 Å². The van der Waals surface area contributed by atoms with Gasteiger partial charge in [-0.05, 0) is 11.6 Å². The van der Waals surface area contributed by atoms with Crippen LogP contribution in [0.1, 0.15) is 5.56 Å². The molecule has 7 heteroatoms. The first-order valence-corrected chi connectivity index (χ1v) is 8.65. The van der Waals surface area contributed by atoms with Gasteiger partial charge in [0.2, 0.25) is 11.8 Å². The zero-order valence-electron chi connectivity index (χ0n) is 14.0. The zero-order valence-corrected chi connectivity index (χ0v) is 14.0. The predicted molar refractivity (Wildman–Crippen MR) is 94.2 cm³/mol. The summed E-state index contributed by atoms with van der Waals surface area (Å²) in [7, 11) is 0. The molecule has 0 radical (unpaired) electrons. The Balaban J connectivity index is 1.36. The van der Waals surface area contributed by atoms with Gasteiger partial charge in [0, 0.05) is 25.4 Å². The molecular weight excluding hydrogens is 330 g/mol. The number of rotatable bonds is 3. The monoisotopic (exact) mass is 347 g/mol. The van der Waals surface area contributed by atoms with E-state index in [-0.39, 0.29) is 23.7 Å². The fraction of sp³-hybridized carbons (Fsp3) is 0.263.